The minimum absolute atomic E-state index is 0.341. The van der Waals surface area contributed by atoms with Crippen molar-refractivity contribution >= 4 is 23.3 Å². The quantitative estimate of drug-likeness (QED) is 0.872. The lowest BCUT2D eigenvalue weighted by Crippen LogP contribution is -2.39. The predicted octanol–water partition coefficient (Wildman–Crippen LogP) is 2.53. The van der Waals surface area contributed by atoms with Crippen LogP contribution in [0, 0.1) is 5.92 Å². The molecule has 1 aliphatic rings. The molecule has 1 aromatic carbocycles. The molecular formula is C17H20N4O3. The zero-order valence-electron chi connectivity index (χ0n) is 13.5. The van der Waals surface area contributed by atoms with Crippen LogP contribution in [0.3, 0.4) is 0 Å². The number of nitrogens with zero attached hydrogens (tertiary/aromatic N) is 3. The number of carbonyl (C=O) groups is 1. The van der Waals surface area contributed by atoms with Gasteiger partial charge < -0.3 is 20.1 Å². The lowest BCUT2D eigenvalue weighted by atomic mass is 9.98. The molecule has 2 aromatic rings. The molecule has 0 bridgehead atoms. The van der Waals surface area contributed by atoms with E-state index in [1.54, 1.807) is 7.11 Å². The Hall–Kier alpha value is -2.83. The molecule has 0 radical (unpaired) electrons. The summed E-state index contributed by atoms with van der Waals surface area (Å²) in [7, 11) is 1.63. The van der Waals surface area contributed by atoms with E-state index in [-0.39, 0.29) is 5.92 Å². The van der Waals surface area contributed by atoms with Crippen molar-refractivity contribution in [1.29, 1.82) is 0 Å². The summed E-state index contributed by atoms with van der Waals surface area (Å²) in [5, 5.41) is 12.4. The van der Waals surface area contributed by atoms with Gasteiger partial charge in [0.2, 0.25) is 0 Å². The number of carboxylic acid groups (broad SMARTS) is 1. The van der Waals surface area contributed by atoms with Gasteiger partial charge in [0.05, 0.1) is 13.0 Å². The first-order chi connectivity index (χ1) is 11.7. The topological polar surface area (TPSA) is 87.6 Å². The third kappa shape index (κ3) is 3.73. The highest BCUT2D eigenvalue weighted by molar-refractivity contribution is 5.71. The Morgan fingerprint density at radius 2 is 2.12 bits per heavy atom. The third-order valence-electron chi connectivity index (χ3n) is 4.11. The van der Waals surface area contributed by atoms with Gasteiger partial charge >= 0.3 is 5.97 Å². The van der Waals surface area contributed by atoms with E-state index in [0.29, 0.717) is 18.8 Å². The molecule has 0 saturated carbocycles. The van der Waals surface area contributed by atoms with Crippen molar-refractivity contribution in [2.75, 3.05) is 30.4 Å². The normalized spacial score (nSPS) is 17.4. The molecule has 24 heavy (non-hydrogen) atoms. The van der Waals surface area contributed by atoms with Crippen molar-refractivity contribution < 1.29 is 14.6 Å². The number of aromatic nitrogens is 2. The highest BCUT2D eigenvalue weighted by Gasteiger charge is 2.26. The van der Waals surface area contributed by atoms with Crippen LogP contribution in [0.2, 0.25) is 0 Å². The number of methoxy groups -OCH3 is 1. The molecule has 7 nitrogen and oxygen atoms in total. The molecule has 7 heteroatoms. The van der Waals surface area contributed by atoms with E-state index in [1.807, 2.05) is 35.2 Å². The summed E-state index contributed by atoms with van der Waals surface area (Å²) in [6.07, 6.45) is 3.06. The van der Waals surface area contributed by atoms with Crippen molar-refractivity contribution in [2.24, 2.45) is 5.92 Å². The van der Waals surface area contributed by atoms with Gasteiger partial charge in [0, 0.05) is 24.8 Å². The van der Waals surface area contributed by atoms with E-state index in [9.17, 15) is 9.90 Å². The van der Waals surface area contributed by atoms with Crippen molar-refractivity contribution in [3.63, 3.8) is 0 Å². The van der Waals surface area contributed by atoms with Gasteiger partial charge in [-0.2, -0.15) is 0 Å². The SMILES string of the molecule is COc1ccc(Nc2cc(N3CCCC(C(=O)O)C3)ncn2)cc1. The van der Waals surface area contributed by atoms with Crippen LogP contribution in [0.5, 0.6) is 5.75 Å². The van der Waals surface area contributed by atoms with Crippen LogP contribution < -0.4 is 15.0 Å². The second-order valence-corrected chi connectivity index (χ2v) is 5.74. The Kier molecular flexibility index (Phi) is 4.79. The average molecular weight is 328 g/mol. The molecule has 0 aliphatic carbocycles. The number of carboxylic acids is 1. The van der Waals surface area contributed by atoms with Crippen molar-refractivity contribution in [3.8, 4) is 5.75 Å². The van der Waals surface area contributed by atoms with E-state index >= 15 is 0 Å². The predicted molar refractivity (Wildman–Crippen MR) is 90.9 cm³/mol. The molecule has 0 spiro atoms. The lowest BCUT2D eigenvalue weighted by molar-refractivity contribution is -0.141. The van der Waals surface area contributed by atoms with Gasteiger partial charge in [-0.25, -0.2) is 9.97 Å². The van der Waals surface area contributed by atoms with Gasteiger partial charge in [-0.3, -0.25) is 4.79 Å². The summed E-state index contributed by atoms with van der Waals surface area (Å²) in [4.78, 5) is 21.7. The molecule has 1 saturated heterocycles. The fourth-order valence-corrected chi connectivity index (χ4v) is 2.80. The van der Waals surface area contributed by atoms with Crippen molar-refractivity contribution in [2.45, 2.75) is 12.8 Å². The fourth-order valence-electron chi connectivity index (χ4n) is 2.80. The lowest BCUT2D eigenvalue weighted by Gasteiger charge is -2.31. The van der Waals surface area contributed by atoms with Gasteiger partial charge in [0.1, 0.15) is 23.7 Å². The second kappa shape index (κ2) is 7.16. The van der Waals surface area contributed by atoms with Gasteiger partial charge in [0.25, 0.3) is 0 Å². The van der Waals surface area contributed by atoms with Gasteiger partial charge in [0.15, 0.2) is 0 Å². The van der Waals surface area contributed by atoms with Crippen molar-refractivity contribution in [3.05, 3.63) is 36.7 Å². The van der Waals surface area contributed by atoms with Crippen LogP contribution in [0.25, 0.3) is 0 Å². The van der Waals surface area contributed by atoms with Crippen LogP contribution in [0.1, 0.15) is 12.8 Å². The summed E-state index contributed by atoms with van der Waals surface area (Å²) >= 11 is 0. The highest BCUT2D eigenvalue weighted by atomic mass is 16.5. The Morgan fingerprint density at radius 3 is 2.83 bits per heavy atom. The summed E-state index contributed by atoms with van der Waals surface area (Å²) in [6, 6.07) is 9.39. The van der Waals surface area contributed by atoms with E-state index in [2.05, 4.69) is 15.3 Å². The standard InChI is InChI=1S/C17H20N4O3/c1-24-14-6-4-13(5-7-14)20-15-9-16(19-11-18-15)21-8-2-3-12(10-21)17(22)23/h4-7,9,11-12H,2-3,8,10H2,1H3,(H,22,23)(H,18,19,20). The van der Waals surface area contributed by atoms with Crippen LogP contribution >= 0.6 is 0 Å². The Morgan fingerprint density at radius 1 is 1.33 bits per heavy atom. The monoisotopic (exact) mass is 328 g/mol. The Bertz CT molecular complexity index is 705. The zero-order valence-corrected chi connectivity index (χ0v) is 13.5. The number of anilines is 3. The maximum absolute atomic E-state index is 11.2. The van der Waals surface area contributed by atoms with Crippen LogP contribution in [0.4, 0.5) is 17.3 Å². The number of ether oxygens (including phenoxy) is 1. The zero-order chi connectivity index (χ0) is 16.9. The number of hydrogen-bond donors (Lipinski definition) is 2. The molecule has 1 unspecified atom stereocenters. The Balaban J connectivity index is 1.72. The number of benzene rings is 1. The number of aliphatic carboxylic acids is 1. The molecule has 1 aliphatic heterocycles. The molecule has 3 rings (SSSR count). The maximum Gasteiger partial charge on any atom is 0.308 e. The van der Waals surface area contributed by atoms with Crippen LogP contribution in [-0.2, 0) is 4.79 Å². The van der Waals surface area contributed by atoms with E-state index in [1.165, 1.54) is 6.33 Å². The van der Waals surface area contributed by atoms with Crippen molar-refractivity contribution in [1.82, 2.24) is 9.97 Å². The number of nitrogens with one attached hydrogen (secondary N) is 1. The molecular weight excluding hydrogens is 308 g/mol. The highest BCUT2D eigenvalue weighted by Crippen LogP contribution is 2.24. The average Bonchev–Trinajstić information content (AvgIpc) is 2.63. The van der Waals surface area contributed by atoms with Crippen LogP contribution in [0.15, 0.2) is 36.7 Å². The molecule has 126 valence electrons. The third-order valence-corrected chi connectivity index (χ3v) is 4.11. The van der Waals surface area contributed by atoms with E-state index < -0.39 is 5.97 Å². The fraction of sp³-hybridized carbons (Fsp3) is 0.353. The second-order valence-electron chi connectivity index (χ2n) is 5.74. The number of hydrogen-bond acceptors (Lipinski definition) is 6. The molecule has 1 atom stereocenters. The minimum atomic E-state index is -0.745. The van der Waals surface area contributed by atoms with Gasteiger partial charge in [-0.1, -0.05) is 0 Å². The molecule has 2 N–H and O–H groups in total. The van der Waals surface area contributed by atoms with E-state index in [4.69, 9.17) is 4.74 Å². The summed E-state index contributed by atoms with van der Waals surface area (Å²) in [5.41, 5.74) is 0.891. The molecule has 1 fully saturated rings. The largest absolute Gasteiger partial charge is 0.497 e. The first-order valence-corrected chi connectivity index (χ1v) is 7.86. The first-order valence-electron chi connectivity index (χ1n) is 7.86. The summed E-state index contributed by atoms with van der Waals surface area (Å²) in [5.74, 6) is 1.11. The first kappa shape index (κ1) is 16.0. The molecule has 0 amide bonds. The molecule has 1 aromatic heterocycles. The molecule has 2 heterocycles. The number of piperidine rings is 1. The van der Waals surface area contributed by atoms with E-state index in [0.717, 1.165) is 30.2 Å². The minimum Gasteiger partial charge on any atom is -0.497 e. The smallest absolute Gasteiger partial charge is 0.308 e. The summed E-state index contributed by atoms with van der Waals surface area (Å²) in [6.45, 7) is 1.29. The summed E-state index contributed by atoms with van der Waals surface area (Å²) < 4.78 is 5.14. The Labute approximate surface area is 140 Å². The van der Waals surface area contributed by atoms with Gasteiger partial charge in [-0.05, 0) is 37.1 Å². The number of rotatable bonds is 5. The van der Waals surface area contributed by atoms with Gasteiger partial charge in [-0.15, -0.1) is 0 Å². The van der Waals surface area contributed by atoms with Crippen LogP contribution in [-0.4, -0.2) is 41.2 Å². The maximum atomic E-state index is 11.2.